The van der Waals surface area contributed by atoms with Gasteiger partial charge in [-0.15, -0.1) is 0 Å². The predicted molar refractivity (Wildman–Crippen MR) is 77.6 cm³/mol. The lowest BCUT2D eigenvalue weighted by atomic mass is 10.1. The third-order valence-corrected chi connectivity index (χ3v) is 3.29. The second-order valence-electron chi connectivity index (χ2n) is 4.96. The Morgan fingerprint density at radius 1 is 1.15 bits per heavy atom. The molecular formula is C16H18N2O2. The van der Waals surface area contributed by atoms with Crippen LogP contribution < -0.4 is 0 Å². The van der Waals surface area contributed by atoms with Crippen LogP contribution in [0.2, 0.25) is 0 Å². The SMILES string of the molecule is Cc1cccc(-c2nc(C)c(CCC(=O)O)c(C)n2)c1. The summed E-state index contributed by atoms with van der Waals surface area (Å²) in [5.74, 6) is -0.102. The molecule has 0 fully saturated rings. The maximum Gasteiger partial charge on any atom is 0.303 e. The Hall–Kier alpha value is -2.23. The lowest BCUT2D eigenvalue weighted by Gasteiger charge is -2.10. The zero-order chi connectivity index (χ0) is 14.7. The molecule has 1 aromatic heterocycles. The average molecular weight is 270 g/mol. The van der Waals surface area contributed by atoms with Gasteiger partial charge in [0, 0.05) is 23.4 Å². The van der Waals surface area contributed by atoms with E-state index in [0.29, 0.717) is 12.2 Å². The molecule has 4 heteroatoms. The summed E-state index contributed by atoms with van der Waals surface area (Å²) in [6.07, 6.45) is 0.579. The number of carbonyl (C=O) groups is 1. The van der Waals surface area contributed by atoms with Crippen LogP contribution in [0.15, 0.2) is 24.3 Å². The maximum atomic E-state index is 10.7. The fraction of sp³-hybridized carbons (Fsp3) is 0.312. The molecule has 0 bridgehead atoms. The van der Waals surface area contributed by atoms with Gasteiger partial charge in [0.1, 0.15) is 0 Å². The van der Waals surface area contributed by atoms with Crippen molar-refractivity contribution in [3.05, 3.63) is 46.8 Å². The van der Waals surface area contributed by atoms with Gasteiger partial charge >= 0.3 is 5.97 Å². The summed E-state index contributed by atoms with van der Waals surface area (Å²) in [6.45, 7) is 5.85. The molecule has 0 atom stereocenters. The molecule has 0 aliphatic heterocycles. The van der Waals surface area contributed by atoms with E-state index in [9.17, 15) is 4.79 Å². The van der Waals surface area contributed by atoms with Crippen molar-refractivity contribution in [2.24, 2.45) is 0 Å². The maximum absolute atomic E-state index is 10.7. The largest absolute Gasteiger partial charge is 0.481 e. The molecule has 0 aliphatic rings. The molecule has 0 saturated carbocycles. The van der Waals surface area contributed by atoms with E-state index < -0.39 is 5.97 Å². The van der Waals surface area contributed by atoms with Crippen LogP contribution >= 0.6 is 0 Å². The lowest BCUT2D eigenvalue weighted by Crippen LogP contribution is -2.06. The monoisotopic (exact) mass is 270 g/mol. The van der Waals surface area contributed by atoms with Crippen molar-refractivity contribution in [3.8, 4) is 11.4 Å². The van der Waals surface area contributed by atoms with Crippen molar-refractivity contribution in [2.75, 3.05) is 0 Å². The van der Waals surface area contributed by atoms with E-state index in [-0.39, 0.29) is 6.42 Å². The van der Waals surface area contributed by atoms with Gasteiger partial charge in [0.05, 0.1) is 0 Å². The van der Waals surface area contributed by atoms with Gasteiger partial charge in [0.2, 0.25) is 0 Å². The van der Waals surface area contributed by atoms with Gasteiger partial charge in [-0.05, 0) is 38.8 Å². The summed E-state index contributed by atoms with van der Waals surface area (Å²) in [4.78, 5) is 19.7. The number of nitrogens with zero attached hydrogens (tertiary/aromatic N) is 2. The van der Waals surface area contributed by atoms with Gasteiger partial charge in [0.15, 0.2) is 5.82 Å². The second-order valence-corrected chi connectivity index (χ2v) is 4.96. The van der Waals surface area contributed by atoms with E-state index in [0.717, 1.165) is 28.1 Å². The summed E-state index contributed by atoms with van der Waals surface area (Å²) in [7, 11) is 0. The Morgan fingerprint density at radius 2 is 1.80 bits per heavy atom. The van der Waals surface area contributed by atoms with Crippen LogP contribution in [0.1, 0.15) is 28.9 Å². The number of hydrogen-bond acceptors (Lipinski definition) is 3. The summed E-state index contributed by atoms with van der Waals surface area (Å²) in [6, 6.07) is 8.05. The highest BCUT2D eigenvalue weighted by Gasteiger charge is 2.11. The number of benzene rings is 1. The van der Waals surface area contributed by atoms with Gasteiger partial charge in [-0.3, -0.25) is 4.79 Å². The molecule has 0 spiro atoms. The quantitative estimate of drug-likeness (QED) is 0.927. The summed E-state index contributed by atoms with van der Waals surface area (Å²) in [5, 5.41) is 8.78. The van der Waals surface area contributed by atoms with E-state index in [2.05, 4.69) is 9.97 Å². The highest BCUT2D eigenvalue weighted by molar-refractivity contribution is 5.67. The van der Waals surface area contributed by atoms with Gasteiger partial charge < -0.3 is 5.11 Å². The van der Waals surface area contributed by atoms with Crippen molar-refractivity contribution < 1.29 is 9.90 Å². The zero-order valence-electron chi connectivity index (χ0n) is 12.0. The molecule has 0 amide bonds. The molecule has 1 heterocycles. The number of hydrogen-bond donors (Lipinski definition) is 1. The normalized spacial score (nSPS) is 10.6. The molecule has 4 nitrogen and oxygen atoms in total. The first-order valence-corrected chi connectivity index (χ1v) is 6.60. The number of carboxylic acids is 1. The van der Waals surface area contributed by atoms with Crippen molar-refractivity contribution in [1.29, 1.82) is 0 Å². The first-order chi connectivity index (χ1) is 9.47. The molecule has 0 aliphatic carbocycles. The van der Waals surface area contributed by atoms with Crippen molar-refractivity contribution in [1.82, 2.24) is 9.97 Å². The minimum absolute atomic E-state index is 0.106. The molecule has 0 saturated heterocycles. The molecule has 0 unspecified atom stereocenters. The summed E-state index contributed by atoms with van der Waals surface area (Å²) >= 11 is 0. The van der Waals surface area contributed by atoms with Crippen LogP contribution in [0.25, 0.3) is 11.4 Å². The number of rotatable bonds is 4. The van der Waals surface area contributed by atoms with Crippen molar-refractivity contribution >= 4 is 5.97 Å². The smallest absolute Gasteiger partial charge is 0.303 e. The number of aromatic nitrogens is 2. The molecular weight excluding hydrogens is 252 g/mol. The number of aliphatic carboxylic acids is 1. The molecule has 2 aromatic rings. The lowest BCUT2D eigenvalue weighted by molar-refractivity contribution is -0.136. The van der Waals surface area contributed by atoms with Gasteiger partial charge in [0.25, 0.3) is 0 Å². The molecule has 0 radical (unpaired) electrons. The topological polar surface area (TPSA) is 63.1 Å². The second kappa shape index (κ2) is 5.82. The summed E-state index contributed by atoms with van der Waals surface area (Å²) < 4.78 is 0. The Labute approximate surface area is 118 Å². The fourth-order valence-electron chi connectivity index (χ4n) is 2.25. The van der Waals surface area contributed by atoms with E-state index in [1.54, 1.807) is 0 Å². The standard InChI is InChI=1S/C16H18N2O2/c1-10-5-4-6-13(9-10)16-17-11(2)14(12(3)18-16)7-8-15(19)20/h4-6,9H,7-8H2,1-3H3,(H,19,20). The fourth-order valence-corrected chi connectivity index (χ4v) is 2.25. The van der Waals surface area contributed by atoms with Gasteiger partial charge in [-0.25, -0.2) is 9.97 Å². The number of carboxylic acid groups (broad SMARTS) is 1. The predicted octanol–water partition coefficient (Wildman–Crippen LogP) is 3.09. The van der Waals surface area contributed by atoms with E-state index in [1.807, 2.05) is 45.0 Å². The van der Waals surface area contributed by atoms with Crippen LogP contribution in [0.4, 0.5) is 0 Å². The zero-order valence-corrected chi connectivity index (χ0v) is 12.0. The van der Waals surface area contributed by atoms with Crippen LogP contribution in [0.5, 0.6) is 0 Å². The Bertz CT molecular complexity index is 628. The van der Waals surface area contributed by atoms with Gasteiger partial charge in [-0.2, -0.15) is 0 Å². The first kappa shape index (κ1) is 14.2. The minimum atomic E-state index is -0.799. The highest BCUT2D eigenvalue weighted by atomic mass is 16.4. The van der Waals surface area contributed by atoms with Crippen molar-refractivity contribution in [2.45, 2.75) is 33.6 Å². The molecule has 104 valence electrons. The first-order valence-electron chi connectivity index (χ1n) is 6.60. The Kier molecular flexibility index (Phi) is 4.13. The molecule has 1 aromatic carbocycles. The van der Waals surface area contributed by atoms with Crippen molar-refractivity contribution in [3.63, 3.8) is 0 Å². The van der Waals surface area contributed by atoms with Crippen LogP contribution in [-0.4, -0.2) is 21.0 Å². The molecule has 20 heavy (non-hydrogen) atoms. The average Bonchev–Trinajstić information content (AvgIpc) is 2.37. The van der Waals surface area contributed by atoms with Gasteiger partial charge in [-0.1, -0.05) is 23.8 Å². The van der Waals surface area contributed by atoms with Crippen LogP contribution in [0.3, 0.4) is 0 Å². The molecule has 2 rings (SSSR count). The third-order valence-electron chi connectivity index (χ3n) is 3.29. The van der Waals surface area contributed by atoms with E-state index in [4.69, 9.17) is 5.11 Å². The molecule has 1 N–H and O–H groups in total. The van der Waals surface area contributed by atoms with E-state index in [1.165, 1.54) is 0 Å². The van der Waals surface area contributed by atoms with Crippen LogP contribution in [0, 0.1) is 20.8 Å². The Balaban J connectivity index is 2.37. The third kappa shape index (κ3) is 3.20. The number of aryl methyl sites for hydroxylation is 3. The van der Waals surface area contributed by atoms with E-state index >= 15 is 0 Å². The highest BCUT2D eigenvalue weighted by Crippen LogP contribution is 2.20. The Morgan fingerprint density at radius 3 is 2.35 bits per heavy atom. The van der Waals surface area contributed by atoms with Crippen LogP contribution in [-0.2, 0) is 11.2 Å². The summed E-state index contributed by atoms with van der Waals surface area (Å²) in [5.41, 5.74) is 4.80. The minimum Gasteiger partial charge on any atom is -0.481 e.